The van der Waals surface area contributed by atoms with Gasteiger partial charge in [0.15, 0.2) is 0 Å². The van der Waals surface area contributed by atoms with Crippen molar-refractivity contribution in [2.24, 2.45) is 11.5 Å². The fraction of sp³-hybridized carbons (Fsp3) is 0.462. The highest BCUT2D eigenvalue weighted by molar-refractivity contribution is 5.94. The second-order valence-corrected chi connectivity index (χ2v) is 4.94. The predicted octanol–water partition coefficient (Wildman–Crippen LogP) is 1.75. The summed E-state index contributed by atoms with van der Waals surface area (Å²) in [6, 6.07) is 1.91. The van der Waals surface area contributed by atoms with Crippen molar-refractivity contribution in [2.45, 2.75) is 37.8 Å². The van der Waals surface area contributed by atoms with Crippen molar-refractivity contribution in [3.8, 4) is 0 Å². The lowest BCUT2D eigenvalue weighted by Crippen LogP contribution is -2.35. The van der Waals surface area contributed by atoms with Crippen LogP contribution >= 0.6 is 0 Å². The van der Waals surface area contributed by atoms with Crippen molar-refractivity contribution < 1.29 is 13.6 Å². The SMILES string of the molecule is NC(=O)c1cc(NC2CCCC(N)C2)c(F)cc1F. The molecule has 2 atom stereocenters. The van der Waals surface area contributed by atoms with Gasteiger partial charge in [-0.05, 0) is 31.7 Å². The van der Waals surface area contributed by atoms with Gasteiger partial charge < -0.3 is 16.8 Å². The Morgan fingerprint density at radius 3 is 2.63 bits per heavy atom. The summed E-state index contributed by atoms with van der Waals surface area (Å²) in [7, 11) is 0. The maximum absolute atomic E-state index is 13.7. The lowest BCUT2D eigenvalue weighted by Gasteiger charge is -2.28. The summed E-state index contributed by atoms with van der Waals surface area (Å²) >= 11 is 0. The zero-order valence-corrected chi connectivity index (χ0v) is 10.5. The minimum absolute atomic E-state index is 0.0319. The van der Waals surface area contributed by atoms with Gasteiger partial charge in [-0.3, -0.25) is 4.79 Å². The molecule has 0 radical (unpaired) electrons. The molecule has 104 valence electrons. The van der Waals surface area contributed by atoms with Crippen molar-refractivity contribution in [3.63, 3.8) is 0 Å². The van der Waals surface area contributed by atoms with Crippen LogP contribution in [-0.4, -0.2) is 18.0 Å². The number of anilines is 1. The Morgan fingerprint density at radius 1 is 1.26 bits per heavy atom. The molecule has 1 aromatic rings. The Balaban J connectivity index is 2.19. The highest BCUT2D eigenvalue weighted by atomic mass is 19.1. The molecular weight excluding hydrogens is 252 g/mol. The third-order valence-electron chi connectivity index (χ3n) is 3.40. The Bertz CT molecular complexity index is 493. The van der Waals surface area contributed by atoms with Crippen LogP contribution < -0.4 is 16.8 Å². The van der Waals surface area contributed by atoms with E-state index in [4.69, 9.17) is 11.5 Å². The molecule has 0 spiro atoms. The van der Waals surface area contributed by atoms with Gasteiger partial charge in [0.25, 0.3) is 5.91 Å². The normalized spacial score (nSPS) is 23.1. The van der Waals surface area contributed by atoms with E-state index >= 15 is 0 Å². The second-order valence-electron chi connectivity index (χ2n) is 4.94. The highest BCUT2D eigenvalue weighted by Crippen LogP contribution is 2.25. The molecule has 0 heterocycles. The zero-order chi connectivity index (χ0) is 14.0. The molecule has 1 amide bonds. The third-order valence-corrected chi connectivity index (χ3v) is 3.40. The monoisotopic (exact) mass is 269 g/mol. The predicted molar refractivity (Wildman–Crippen MR) is 68.7 cm³/mol. The van der Waals surface area contributed by atoms with E-state index in [9.17, 15) is 13.6 Å². The van der Waals surface area contributed by atoms with Crippen LogP contribution in [0.1, 0.15) is 36.0 Å². The van der Waals surface area contributed by atoms with Gasteiger partial charge in [-0.1, -0.05) is 0 Å². The number of carbonyl (C=O) groups excluding carboxylic acids is 1. The van der Waals surface area contributed by atoms with Crippen LogP contribution in [0.5, 0.6) is 0 Å². The molecule has 1 aliphatic carbocycles. The molecule has 0 saturated heterocycles. The van der Waals surface area contributed by atoms with Crippen LogP contribution in [0.3, 0.4) is 0 Å². The van der Waals surface area contributed by atoms with Crippen LogP contribution in [0.2, 0.25) is 0 Å². The Morgan fingerprint density at radius 2 is 2.00 bits per heavy atom. The summed E-state index contributed by atoms with van der Waals surface area (Å²) in [6.07, 6.45) is 3.51. The van der Waals surface area contributed by atoms with Crippen LogP contribution in [0.4, 0.5) is 14.5 Å². The summed E-state index contributed by atoms with van der Waals surface area (Å²) in [5.74, 6) is -2.60. The Hall–Kier alpha value is -1.69. The first-order valence-corrected chi connectivity index (χ1v) is 6.28. The quantitative estimate of drug-likeness (QED) is 0.782. The fourth-order valence-electron chi connectivity index (χ4n) is 2.43. The van der Waals surface area contributed by atoms with E-state index in [1.54, 1.807) is 0 Å². The van der Waals surface area contributed by atoms with Gasteiger partial charge in [-0.15, -0.1) is 0 Å². The first kappa shape index (κ1) is 13.7. The van der Waals surface area contributed by atoms with Crippen LogP contribution in [0.25, 0.3) is 0 Å². The van der Waals surface area contributed by atoms with Gasteiger partial charge in [0, 0.05) is 18.2 Å². The molecule has 0 bridgehead atoms. The van der Waals surface area contributed by atoms with Crippen molar-refractivity contribution >= 4 is 11.6 Å². The van der Waals surface area contributed by atoms with Gasteiger partial charge in [-0.2, -0.15) is 0 Å². The molecule has 2 unspecified atom stereocenters. The number of benzene rings is 1. The zero-order valence-electron chi connectivity index (χ0n) is 10.5. The van der Waals surface area contributed by atoms with Crippen molar-refractivity contribution in [1.29, 1.82) is 0 Å². The number of rotatable bonds is 3. The maximum Gasteiger partial charge on any atom is 0.251 e. The van der Waals surface area contributed by atoms with Gasteiger partial charge in [0.05, 0.1) is 11.3 Å². The van der Waals surface area contributed by atoms with Crippen molar-refractivity contribution in [1.82, 2.24) is 0 Å². The van der Waals surface area contributed by atoms with Gasteiger partial charge in [0.2, 0.25) is 0 Å². The van der Waals surface area contributed by atoms with E-state index in [2.05, 4.69) is 5.32 Å². The van der Waals surface area contributed by atoms with Crippen LogP contribution in [0.15, 0.2) is 12.1 Å². The number of nitrogens with two attached hydrogens (primary N) is 2. The average Bonchev–Trinajstić information content (AvgIpc) is 2.32. The smallest absolute Gasteiger partial charge is 0.251 e. The molecule has 1 fully saturated rings. The second kappa shape index (κ2) is 5.52. The molecule has 6 heteroatoms. The summed E-state index contributed by atoms with van der Waals surface area (Å²) in [4.78, 5) is 11.0. The van der Waals surface area contributed by atoms with Gasteiger partial charge in [0.1, 0.15) is 11.6 Å². The minimum Gasteiger partial charge on any atom is -0.380 e. The Kier molecular flexibility index (Phi) is 3.99. The number of hydrogen-bond donors (Lipinski definition) is 3. The highest BCUT2D eigenvalue weighted by Gasteiger charge is 2.21. The van der Waals surface area contributed by atoms with E-state index in [1.165, 1.54) is 0 Å². The van der Waals surface area contributed by atoms with E-state index in [-0.39, 0.29) is 23.3 Å². The first-order chi connectivity index (χ1) is 8.97. The molecule has 1 saturated carbocycles. The van der Waals surface area contributed by atoms with Crippen molar-refractivity contribution in [2.75, 3.05) is 5.32 Å². The largest absolute Gasteiger partial charge is 0.380 e. The number of primary amides is 1. The molecular formula is C13H17F2N3O. The molecule has 0 aromatic heterocycles. The number of halogens is 2. The van der Waals surface area contributed by atoms with E-state index in [1.807, 2.05) is 0 Å². The first-order valence-electron chi connectivity index (χ1n) is 6.28. The third kappa shape index (κ3) is 3.20. The topological polar surface area (TPSA) is 81.1 Å². The summed E-state index contributed by atoms with van der Waals surface area (Å²) in [5, 5.41) is 2.97. The van der Waals surface area contributed by atoms with Crippen molar-refractivity contribution in [3.05, 3.63) is 29.3 Å². The molecule has 2 rings (SSSR count). The van der Waals surface area contributed by atoms with E-state index in [0.29, 0.717) is 6.07 Å². The molecule has 19 heavy (non-hydrogen) atoms. The van der Waals surface area contributed by atoms with E-state index < -0.39 is 17.5 Å². The lowest BCUT2D eigenvalue weighted by molar-refractivity contribution is 0.0996. The fourth-order valence-corrected chi connectivity index (χ4v) is 2.43. The summed E-state index contributed by atoms with van der Waals surface area (Å²) < 4.78 is 27.0. The average molecular weight is 269 g/mol. The molecule has 1 aromatic carbocycles. The summed E-state index contributed by atoms with van der Waals surface area (Å²) in [5.41, 5.74) is 10.7. The molecule has 0 aliphatic heterocycles. The maximum atomic E-state index is 13.7. The standard InChI is InChI=1S/C13H17F2N3O/c14-10-6-11(15)12(5-9(10)13(17)19)18-8-3-1-2-7(16)4-8/h5-8,18H,1-4,16H2,(H2,17,19). The molecule has 5 N–H and O–H groups in total. The van der Waals surface area contributed by atoms with Crippen LogP contribution in [-0.2, 0) is 0 Å². The van der Waals surface area contributed by atoms with Gasteiger partial charge >= 0.3 is 0 Å². The number of hydrogen-bond acceptors (Lipinski definition) is 3. The molecule has 1 aliphatic rings. The summed E-state index contributed by atoms with van der Waals surface area (Å²) in [6.45, 7) is 0. The number of nitrogens with one attached hydrogen (secondary N) is 1. The minimum atomic E-state index is -0.948. The van der Waals surface area contributed by atoms with Crippen LogP contribution in [0, 0.1) is 11.6 Å². The lowest BCUT2D eigenvalue weighted by atomic mass is 9.91. The van der Waals surface area contributed by atoms with E-state index in [0.717, 1.165) is 31.7 Å². The molecule has 4 nitrogen and oxygen atoms in total. The number of carbonyl (C=O) groups is 1. The Labute approximate surface area is 110 Å². The van der Waals surface area contributed by atoms with Gasteiger partial charge in [-0.25, -0.2) is 8.78 Å². The number of amides is 1.